The fourth-order valence-electron chi connectivity index (χ4n) is 2.28. The molecule has 3 rings (SSSR count). The van der Waals surface area contributed by atoms with Crippen LogP contribution in [-0.2, 0) is 11.2 Å². The van der Waals surface area contributed by atoms with Crippen LogP contribution in [0.3, 0.4) is 0 Å². The first-order chi connectivity index (χ1) is 11.2. The molecule has 0 spiro atoms. The van der Waals surface area contributed by atoms with Gasteiger partial charge >= 0.3 is 0 Å². The number of nitrogens with one attached hydrogen (secondary N) is 1. The van der Waals surface area contributed by atoms with Crippen LogP contribution in [0.4, 0.5) is 0 Å². The highest BCUT2D eigenvalue weighted by atomic mass is 16.5. The zero-order valence-electron chi connectivity index (χ0n) is 12.9. The molecule has 1 amide bonds. The zero-order valence-corrected chi connectivity index (χ0v) is 12.9. The maximum absolute atomic E-state index is 11.8. The molecule has 6 heteroatoms. The van der Waals surface area contributed by atoms with Crippen molar-refractivity contribution in [1.82, 2.24) is 19.9 Å². The highest BCUT2D eigenvalue weighted by Gasteiger charge is 2.06. The minimum Gasteiger partial charge on any atom is -0.484 e. The molecule has 1 aromatic carbocycles. The van der Waals surface area contributed by atoms with Crippen molar-refractivity contribution in [3.8, 4) is 5.75 Å². The summed E-state index contributed by atoms with van der Waals surface area (Å²) in [4.78, 5) is 11.8. The lowest BCUT2D eigenvalue weighted by molar-refractivity contribution is -0.123. The van der Waals surface area contributed by atoms with Crippen molar-refractivity contribution in [2.24, 2.45) is 0 Å². The summed E-state index contributed by atoms with van der Waals surface area (Å²) in [6, 6.07) is 13.4. The topological polar surface area (TPSA) is 68.5 Å². The molecule has 118 valence electrons. The van der Waals surface area contributed by atoms with Crippen LogP contribution < -0.4 is 10.1 Å². The van der Waals surface area contributed by atoms with Crippen molar-refractivity contribution in [2.75, 3.05) is 13.2 Å². The molecule has 3 aromatic rings. The highest BCUT2D eigenvalue weighted by molar-refractivity contribution is 5.77. The first-order valence-electron chi connectivity index (χ1n) is 7.47. The van der Waals surface area contributed by atoms with Gasteiger partial charge in [0.15, 0.2) is 12.3 Å². The molecule has 0 aliphatic carbocycles. The number of hydrogen-bond acceptors (Lipinski definition) is 4. The van der Waals surface area contributed by atoms with Crippen molar-refractivity contribution in [1.29, 1.82) is 0 Å². The number of ether oxygens (including phenoxy) is 1. The Bertz CT molecular complexity index is 813. The smallest absolute Gasteiger partial charge is 0.257 e. The summed E-state index contributed by atoms with van der Waals surface area (Å²) in [6.45, 7) is 2.48. The Morgan fingerprint density at radius 1 is 1.22 bits per heavy atom. The molecule has 0 aliphatic heterocycles. The second-order valence-corrected chi connectivity index (χ2v) is 5.25. The van der Waals surface area contributed by atoms with E-state index in [4.69, 9.17) is 4.74 Å². The number of nitrogens with zero attached hydrogens (tertiary/aromatic N) is 3. The molecule has 2 aromatic heterocycles. The molecule has 0 aliphatic rings. The second kappa shape index (κ2) is 6.91. The number of benzene rings is 1. The van der Waals surface area contributed by atoms with Crippen molar-refractivity contribution in [3.05, 3.63) is 60.0 Å². The quantitative estimate of drug-likeness (QED) is 0.753. The number of rotatable bonds is 6. The van der Waals surface area contributed by atoms with Gasteiger partial charge < -0.3 is 10.1 Å². The summed E-state index contributed by atoms with van der Waals surface area (Å²) >= 11 is 0. The van der Waals surface area contributed by atoms with Gasteiger partial charge in [0.2, 0.25) is 0 Å². The number of carbonyl (C=O) groups is 1. The lowest BCUT2D eigenvalue weighted by atomic mass is 10.2. The van der Waals surface area contributed by atoms with Gasteiger partial charge in [0, 0.05) is 19.2 Å². The summed E-state index contributed by atoms with van der Waals surface area (Å²) in [6.07, 6.45) is 2.52. The number of fused-ring (bicyclic) bond motifs is 1. The Balaban J connectivity index is 1.46. The van der Waals surface area contributed by atoms with E-state index in [1.54, 1.807) is 0 Å². The molecule has 0 bridgehead atoms. The Labute approximate surface area is 134 Å². The maximum atomic E-state index is 11.8. The summed E-state index contributed by atoms with van der Waals surface area (Å²) in [5.41, 5.74) is 1.90. The Kier molecular flexibility index (Phi) is 4.52. The molecule has 0 fully saturated rings. The summed E-state index contributed by atoms with van der Waals surface area (Å²) < 4.78 is 7.37. The van der Waals surface area contributed by atoms with Crippen LogP contribution in [0.15, 0.2) is 48.7 Å². The van der Waals surface area contributed by atoms with E-state index in [1.807, 2.05) is 60.0 Å². The fraction of sp³-hybridized carbons (Fsp3) is 0.235. The highest BCUT2D eigenvalue weighted by Crippen LogP contribution is 2.11. The Morgan fingerprint density at radius 3 is 3.00 bits per heavy atom. The van der Waals surface area contributed by atoms with Gasteiger partial charge in [0.05, 0.1) is 0 Å². The van der Waals surface area contributed by atoms with E-state index < -0.39 is 0 Å². The van der Waals surface area contributed by atoms with E-state index in [2.05, 4.69) is 15.5 Å². The zero-order chi connectivity index (χ0) is 16.1. The lowest BCUT2D eigenvalue weighted by Crippen LogP contribution is -2.30. The average Bonchev–Trinajstić information content (AvgIpc) is 2.97. The van der Waals surface area contributed by atoms with E-state index in [0.717, 1.165) is 17.0 Å². The molecular weight excluding hydrogens is 292 g/mol. The molecule has 0 saturated carbocycles. The molecule has 0 unspecified atom stereocenters. The van der Waals surface area contributed by atoms with Crippen LogP contribution in [0.25, 0.3) is 5.65 Å². The van der Waals surface area contributed by atoms with Crippen LogP contribution in [-0.4, -0.2) is 33.7 Å². The second-order valence-electron chi connectivity index (χ2n) is 5.25. The Hall–Kier alpha value is -2.89. The van der Waals surface area contributed by atoms with Gasteiger partial charge in [-0.25, -0.2) is 0 Å². The van der Waals surface area contributed by atoms with Gasteiger partial charge in [-0.2, -0.15) is 0 Å². The number of aryl methyl sites for hydroxylation is 1. The van der Waals surface area contributed by atoms with Crippen LogP contribution in [0.5, 0.6) is 5.75 Å². The van der Waals surface area contributed by atoms with Crippen LogP contribution in [0.1, 0.15) is 11.4 Å². The van der Waals surface area contributed by atoms with Gasteiger partial charge in [-0.05, 0) is 36.8 Å². The summed E-state index contributed by atoms with van der Waals surface area (Å²) in [5.74, 6) is 1.37. The minimum absolute atomic E-state index is 0.00400. The van der Waals surface area contributed by atoms with Gasteiger partial charge in [-0.15, -0.1) is 10.2 Å². The molecule has 0 atom stereocenters. The van der Waals surface area contributed by atoms with E-state index in [9.17, 15) is 4.79 Å². The SMILES string of the molecule is Cc1cccc(OCC(=O)NCCc2nnc3ccccn23)c1. The van der Waals surface area contributed by atoms with Crippen LogP contribution in [0.2, 0.25) is 0 Å². The molecule has 0 radical (unpaired) electrons. The van der Waals surface area contributed by atoms with Crippen LogP contribution in [0, 0.1) is 6.92 Å². The van der Waals surface area contributed by atoms with Crippen LogP contribution >= 0.6 is 0 Å². The number of carbonyl (C=O) groups excluding carboxylic acids is 1. The van der Waals surface area contributed by atoms with Crippen molar-refractivity contribution >= 4 is 11.6 Å². The van der Waals surface area contributed by atoms with Gasteiger partial charge in [0.25, 0.3) is 5.91 Å². The number of hydrogen-bond donors (Lipinski definition) is 1. The third kappa shape index (κ3) is 3.85. The van der Waals surface area contributed by atoms with E-state index >= 15 is 0 Å². The molecule has 2 heterocycles. The number of amides is 1. The van der Waals surface area contributed by atoms with Crippen molar-refractivity contribution in [3.63, 3.8) is 0 Å². The monoisotopic (exact) mass is 310 g/mol. The predicted octanol–water partition coefficient (Wildman–Crippen LogP) is 1.78. The fourth-order valence-corrected chi connectivity index (χ4v) is 2.28. The van der Waals surface area contributed by atoms with E-state index in [-0.39, 0.29) is 12.5 Å². The van der Waals surface area contributed by atoms with Gasteiger partial charge in [-0.3, -0.25) is 9.20 Å². The number of pyridine rings is 1. The molecule has 23 heavy (non-hydrogen) atoms. The predicted molar refractivity (Wildman–Crippen MR) is 86.4 cm³/mol. The summed E-state index contributed by atoms with van der Waals surface area (Å²) in [5, 5.41) is 11.0. The standard InChI is InChI=1S/C17H18N4O2/c1-13-5-4-6-14(11-13)23-12-17(22)18-9-8-16-20-19-15-7-2-3-10-21(15)16/h2-7,10-11H,8-9,12H2,1H3,(H,18,22). The van der Waals surface area contributed by atoms with E-state index in [1.165, 1.54) is 0 Å². The minimum atomic E-state index is -0.152. The van der Waals surface area contributed by atoms with Crippen molar-refractivity contribution < 1.29 is 9.53 Å². The average molecular weight is 310 g/mol. The third-order valence-electron chi connectivity index (χ3n) is 3.41. The first kappa shape index (κ1) is 15.0. The number of aromatic nitrogens is 3. The largest absolute Gasteiger partial charge is 0.484 e. The van der Waals surface area contributed by atoms with E-state index in [0.29, 0.717) is 18.7 Å². The molecule has 6 nitrogen and oxygen atoms in total. The van der Waals surface area contributed by atoms with Gasteiger partial charge in [-0.1, -0.05) is 18.2 Å². The first-order valence-corrected chi connectivity index (χ1v) is 7.47. The molecular formula is C17H18N4O2. The normalized spacial score (nSPS) is 10.7. The molecule has 1 N–H and O–H groups in total. The summed E-state index contributed by atoms with van der Waals surface area (Å²) in [7, 11) is 0. The third-order valence-corrected chi connectivity index (χ3v) is 3.41. The lowest BCUT2D eigenvalue weighted by Gasteiger charge is -2.07. The van der Waals surface area contributed by atoms with Gasteiger partial charge in [0.1, 0.15) is 11.6 Å². The maximum Gasteiger partial charge on any atom is 0.257 e. The Morgan fingerprint density at radius 2 is 2.13 bits per heavy atom. The molecule has 0 saturated heterocycles. The van der Waals surface area contributed by atoms with Crippen molar-refractivity contribution in [2.45, 2.75) is 13.3 Å².